The summed E-state index contributed by atoms with van der Waals surface area (Å²) in [4.78, 5) is 37.8. The molecule has 6 atom stereocenters. The molecule has 1 aliphatic rings. The summed E-state index contributed by atoms with van der Waals surface area (Å²) in [5, 5.41) is 14.5. The van der Waals surface area contributed by atoms with E-state index in [9.17, 15) is 28.4 Å². The van der Waals surface area contributed by atoms with Crippen LogP contribution in [0, 0.1) is 5.82 Å². The molecule has 0 amide bonds. The average Bonchev–Trinajstić information content (AvgIpc) is 3.13. The number of esters is 1. The molecule has 15 heteroatoms. The number of rotatable bonds is 10. The number of carbonyl (C=O) groups is 1. The molecule has 2 aromatic carbocycles. The summed E-state index contributed by atoms with van der Waals surface area (Å²) in [6.07, 6.45) is -5.38. The minimum absolute atomic E-state index is 0.139. The number of ether oxygens (including phenoxy) is 2. The highest BCUT2D eigenvalue weighted by Crippen LogP contribution is 2.48. The summed E-state index contributed by atoms with van der Waals surface area (Å²) in [6.45, 7) is 4.80. The zero-order chi connectivity index (χ0) is 30.1. The number of nitrogens with one attached hydrogen (secondary N) is 2. The Morgan fingerprint density at radius 1 is 1.22 bits per heavy atom. The van der Waals surface area contributed by atoms with E-state index in [4.69, 9.17) is 18.5 Å². The van der Waals surface area contributed by atoms with Gasteiger partial charge < -0.3 is 19.1 Å². The van der Waals surface area contributed by atoms with E-state index in [0.29, 0.717) is 16.2 Å². The number of aromatic amines is 1. The molecule has 2 heterocycles. The van der Waals surface area contributed by atoms with Crippen LogP contribution in [-0.4, -0.2) is 57.3 Å². The van der Waals surface area contributed by atoms with Gasteiger partial charge in [-0.2, -0.15) is 9.48 Å². The van der Waals surface area contributed by atoms with Gasteiger partial charge in [0.25, 0.3) is 5.56 Å². The van der Waals surface area contributed by atoms with Crippen molar-refractivity contribution >= 4 is 24.5 Å². The molecule has 0 spiro atoms. The fourth-order valence-corrected chi connectivity index (χ4v) is 5.80. The largest absolute Gasteiger partial charge is 0.462 e. The van der Waals surface area contributed by atoms with Crippen LogP contribution in [-0.2, 0) is 23.4 Å². The van der Waals surface area contributed by atoms with Gasteiger partial charge >= 0.3 is 19.4 Å². The van der Waals surface area contributed by atoms with Crippen molar-refractivity contribution in [2.45, 2.75) is 63.9 Å². The van der Waals surface area contributed by atoms with Gasteiger partial charge in [-0.1, -0.05) is 36.4 Å². The van der Waals surface area contributed by atoms with E-state index in [0.717, 1.165) is 12.3 Å². The van der Waals surface area contributed by atoms with Crippen molar-refractivity contribution < 1.29 is 41.8 Å². The van der Waals surface area contributed by atoms with Crippen LogP contribution in [0.4, 0.5) is 8.78 Å². The van der Waals surface area contributed by atoms with E-state index >= 15 is 4.39 Å². The molecule has 3 N–H and O–H groups in total. The molecule has 41 heavy (non-hydrogen) atoms. The summed E-state index contributed by atoms with van der Waals surface area (Å²) < 4.78 is 65.9. The molecule has 4 rings (SSSR count). The van der Waals surface area contributed by atoms with Gasteiger partial charge in [0.05, 0.1) is 18.9 Å². The molecule has 0 radical (unpaired) electrons. The molecule has 0 saturated carbocycles. The summed E-state index contributed by atoms with van der Waals surface area (Å²) in [7, 11) is -4.48. The van der Waals surface area contributed by atoms with Gasteiger partial charge in [0.1, 0.15) is 24.0 Å². The Hall–Kier alpha value is -3.42. The first-order valence-electron chi connectivity index (χ1n) is 12.7. The van der Waals surface area contributed by atoms with Crippen molar-refractivity contribution in [3.8, 4) is 5.75 Å². The first-order valence-corrected chi connectivity index (χ1v) is 14.2. The standard InChI is InChI=1S/C26H30F2N3O9P/c1-14(2)38-23(34)15(3)30-41(36,40-19-11-7-9-16-8-5-6-10-17(16)19)37-13-20-21(32)26(4,28)24(39-20)31-12-18(27)22(33)29-25(31)35/h5-12,14-15,20-21,24,32H,13H2,1-4H3,(H,30,36)(H,29,33,35). The van der Waals surface area contributed by atoms with Crippen molar-refractivity contribution in [2.24, 2.45) is 0 Å². The maximum Gasteiger partial charge on any atom is 0.459 e. The number of hydrogen-bond donors (Lipinski definition) is 3. The molecule has 1 aliphatic heterocycles. The SMILES string of the molecule is CC(C)OC(=O)C(C)NP(=O)(OCC1OC(n2cc(F)c(=O)[nH]c2=O)C(C)(F)C1O)Oc1cccc2ccccc12. The van der Waals surface area contributed by atoms with Gasteiger partial charge in [-0.15, -0.1) is 0 Å². The van der Waals surface area contributed by atoms with Crippen molar-refractivity contribution in [2.75, 3.05) is 6.61 Å². The highest BCUT2D eigenvalue weighted by Gasteiger charge is 2.56. The van der Waals surface area contributed by atoms with E-state index in [1.165, 1.54) is 13.0 Å². The normalized spacial score (nSPS) is 24.7. The Labute approximate surface area is 232 Å². The zero-order valence-corrected chi connectivity index (χ0v) is 23.5. The van der Waals surface area contributed by atoms with Crippen molar-refractivity contribution in [3.63, 3.8) is 0 Å². The molecular weight excluding hydrogens is 567 g/mol. The molecule has 6 unspecified atom stereocenters. The first-order chi connectivity index (χ1) is 19.2. The van der Waals surface area contributed by atoms with E-state index in [1.807, 2.05) is 0 Å². The monoisotopic (exact) mass is 597 g/mol. The second-order valence-electron chi connectivity index (χ2n) is 9.96. The van der Waals surface area contributed by atoms with Crippen LogP contribution in [0.5, 0.6) is 5.75 Å². The Balaban J connectivity index is 1.61. The molecule has 222 valence electrons. The summed E-state index contributed by atoms with van der Waals surface area (Å²) in [6, 6.07) is 10.9. The number of nitrogens with zero attached hydrogens (tertiary/aromatic N) is 1. The third-order valence-electron chi connectivity index (χ3n) is 6.33. The fraction of sp³-hybridized carbons (Fsp3) is 0.423. The number of aromatic nitrogens is 2. The van der Waals surface area contributed by atoms with Gasteiger partial charge in [0, 0.05) is 5.39 Å². The molecule has 12 nitrogen and oxygen atoms in total. The number of aliphatic hydroxyl groups excluding tert-OH is 1. The maximum atomic E-state index is 15.6. The van der Waals surface area contributed by atoms with E-state index in [2.05, 4.69) is 5.09 Å². The Morgan fingerprint density at radius 3 is 2.61 bits per heavy atom. The summed E-state index contributed by atoms with van der Waals surface area (Å²) in [5.74, 6) is -1.99. The molecule has 3 aromatic rings. The summed E-state index contributed by atoms with van der Waals surface area (Å²) >= 11 is 0. The maximum absolute atomic E-state index is 15.6. The van der Waals surface area contributed by atoms with Gasteiger partial charge in [-0.25, -0.2) is 13.8 Å². The van der Waals surface area contributed by atoms with Crippen molar-refractivity contribution in [1.82, 2.24) is 14.6 Å². The Kier molecular flexibility index (Phi) is 8.81. The average molecular weight is 598 g/mol. The molecule has 1 fully saturated rings. The highest BCUT2D eigenvalue weighted by molar-refractivity contribution is 7.52. The number of H-pyrrole nitrogens is 1. The predicted octanol–water partition coefficient (Wildman–Crippen LogP) is 2.95. The fourth-order valence-electron chi connectivity index (χ4n) is 4.28. The third kappa shape index (κ3) is 6.57. The quantitative estimate of drug-likeness (QED) is 0.234. The topological polar surface area (TPSA) is 158 Å². The minimum Gasteiger partial charge on any atom is -0.462 e. The molecule has 0 bridgehead atoms. The molecular formula is C26H30F2N3O9P. The van der Waals surface area contributed by atoms with Crippen LogP contribution in [0.3, 0.4) is 0 Å². The van der Waals surface area contributed by atoms with Crippen LogP contribution in [0.1, 0.15) is 33.9 Å². The van der Waals surface area contributed by atoms with Crippen LogP contribution >= 0.6 is 7.75 Å². The molecule has 1 saturated heterocycles. The molecule has 0 aliphatic carbocycles. The van der Waals surface area contributed by atoms with Crippen molar-refractivity contribution in [3.05, 3.63) is 75.3 Å². The minimum atomic E-state index is -4.48. The lowest BCUT2D eigenvalue weighted by Crippen LogP contribution is -2.44. The Morgan fingerprint density at radius 2 is 1.90 bits per heavy atom. The van der Waals surface area contributed by atoms with E-state index in [-0.39, 0.29) is 5.75 Å². The van der Waals surface area contributed by atoms with Gasteiger partial charge in [-0.05, 0) is 39.1 Å². The smallest absolute Gasteiger partial charge is 0.459 e. The van der Waals surface area contributed by atoms with Crippen LogP contribution in [0.25, 0.3) is 10.8 Å². The second-order valence-corrected chi connectivity index (χ2v) is 11.7. The van der Waals surface area contributed by atoms with Crippen LogP contribution in [0.15, 0.2) is 58.3 Å². The number of aliphatic hydroxyl groups is 1. The van der Waals surface area contributed by atoms with Crippen LogP contribution < -0.4 is 20.9 Å². The number of fused-ring (bicyclic) bond motifs is 1. The number of halogens is 2. The predicted molar refractivity (Wildman–Crippen MR) is 143 cm³/mol. The van der Waals surface area contributed by atoms with Gasteiger partial charge in [0.2, 0.25) is 5.82 Å². The first kappa shape index (κ1) is 30.5. The van der Waals surface area contributed by atoms with E-state index in [1.54, 1.807) is 55.2 Å². The lowest BCUT2D eigenvalue weighted by atomic mass is 9.98. The number of carbonyl (C=O) groups excluding carboxylic acids is 1. The lowest BCUT2D eigenvalue weighted by Gasteiger charge is -2.26. The number of hydrogen-bond acceptors (Lipinski definition) is 9. The van der Waals surface area contributed by atoms with Gasteiger partial charge in [-0.3, -0.25) is 23.7 Å². The second kappa shape index (κ2) is 11.8. The number of benzene rings is 2. The summed E-state index contributed by atoms with van der Waals surface area (Å²) in [5.41, 5.74) is -5.17. The van der Waals surface area contributed by atoms with Gasteiger partial charge in [0.15, 0.2) is 11.9 Å². The molecule has 1 aromatic heterocycles. The van der Waals surface area contributed by atoms with Crippen molar-refractivity contribution in [1.29, 1.82) is 0 Å². The third-order valence-corrected chi connectivity index (χ3v) is 7.96. The Bertz CT molecular complexity index is 1590. The zero-order valence-electron chi connectivity index (χ0n) is 22.6. The number of alkyl halides is 1. The highest BCUT2D eigenvalue weighted by atomic mass is 31.2. The van der Waals surface area contributed by atoms with E-state index < -0.39 is 73.6 Å². The lowest BCUT2D eigenvalue weighted by molar-refractivity contribution is -0.149. The van der Waals surface area contributed by atoms with Crippen LogP contribution in [0.2, 0.25) is 0 Å².